The van der Waals surface area contributed by atoms with E-state index in [1.165, 1.54) is 43.1 Å². The molecule has 152 valence electrons. The summed E-state index contributed by atoms with van der Waals surface area (Å²) < 4.78 is 13.5. The number of carbonyl (C=O) groups excluding carboxylic acids is 2. The van der Waals surface area contributed by atoms with Crippen LogP contribution in [0, 0.1) is 27.8 Å². The van der Waals surface area contributed by atoms with Gasteiger partial charge in [-0.1, -0.05) is 32.1 Å². The van der Waals surface area contributed by atoms with Crippen LogP contribution >= 0.6 is 0 Å². The van der Waals surface area contributed by atoms with Gasteiger partial charge in [0.25, 0.3) is 0 Å². The van der Waals surface area contributed by atoms with Crippen LogP contribution in [0.3, 0.4) is 0 Å². The van der Waals surface area contributed by atoms with E-state index in [1.807, 2.05) is 0 Å². The van der Waals surface area contributed by atoms with Crippen molar-refractivity contribution in [3.05, 3.63) is 34.1 Å². The molecule has 2 aliphatic rings. The molecule has 0 unspecified atom stereocenters. The number of benzene rings is 1. The molecule has 1 N–H and O–H groups in total. The maximum atomic E-state index is 13.5. The molecule has 1 aromatic rings. The Morgan fingerprint density at radius 2 is 1.89 bits per heavy atom. The lowest BCUT2D eigenvalue weighted by Gasteiger charge is -2.21. The van der Waals surface area contributed by atoms with Gasteiger partial charge in [0.2, 0.25) is 17.6 Å². The maximum absolute atomic E-state index is 13.5. The molecule has 1 saturated carbocycles. The van der Waals surface area contributed by atoms with Crippen molar-refractivity contribution in [1.29, 1.82) is 0 Å². The summed E-state index contributed by atoms with van der Waals surface area (Å²) in [5.74, 6) is -1.40. The number of halogens is 1. The number of nitrogens with zero attached hydrogens (tertiary/aromatic N) is 2. The lowest BCUT2D eigenvalue weighted by Crippen LogP contribution is -2.36. The smallest absolute Gasteiger partial charge is 0.306 e. The highest BCUT2D eigenvalue weighted by atomic mass is 19.1. The number of nitro benzene ring substituents is 1. The van der Waals surface area contributed by atoms with E-state index in [2.05, 4.69) is 5.32 Å². The quantitative estimate of drug-likeness (QED) is 0.613. The Kier molecular flexibility index (Phi) is 6.59. The molecule has 1 atom stereocenters. The average molecular weight is 391 g/mol. The predicted molar refractivity (Wildman–Crippen MR) is 102 cm³/mol. The lowest BCUT2D eigenvalue weighted by molar-refractivity contribution is -0.387. The summed E-state index contributed by atoms with van der Waals surface area (Å²) in [7, 11) is 0. The Labute approximate surface area is 163 Å². The third kappa shape index (κ3) is 4.85. The lowest BCUT2D eigenvalue weighted by atomic mass is 9.91. The molecule has 1 aliphatic heterocycles. The first kappa shape index (κ1) is 20.2. The summed E-state index contributed by atoms with van der Waals surface area (Å²) in [6, 6.07) is 3.35. The zero-order chi connectivity index (χ0) is 20.1. The Balaban J connectivity index is 1.58. The van der Waals surface area contributed by atoms with Crippen LogP contribution in [0.25, 0.3) is 0 Å². The van der Waals surface area contributed by atoms with Gasteiger partial charge in [-0.05, 0) is 30.9 Å². The molecule has 1 aliphatic carbocycles. The molecule has 3 rings (SSSR count). The Morgan fingerprint density at radius 1 is 1.21 bits per heavy atom. The molecule has 0 spiro atoms. The van der Waals surface area contributed by atoms with Crippen LogP contribution in [0.1, 0.15) is 51.4 Å². The number of rotatable bonds is 5. The number of hydrogen-bond donors (Lipinski definition) is 1. The van der Waals surface area contributed by atoms with Crippen molar-refractivity contribution in [3.8, 4) is 0 Å². The Bertz CT molecular complexity index is 747. The third-order valence-electron chi connectivity index (χ3n) is 5.72. The molecule has 8 heteroatoms. The second-order valence-corrected chi connectivity index (χ2v) is 7.75. The largest absolute Gasteiger partial charge is 0.356 e. The summed E-state index contributed by atoms with van der Waals surface area (Å²) in [6.07, 6.45) is 8.48. The number of hydrogen-bond acceptors (Lipinski definition) is 4. The number of nitro groups is 1. The molecule has 2 amide bonds. The van der Waals surface area contributed by atoms with E-state index in [-0.39, 0.29) is 30.5 Å². The van der Waals surface area contributed by atoms with E-state index in [0.717, 1.165) is 25.0 Å². The van der Waals surface area contributed by atoms with Crippen LogP contribution < -0.4 is 10.2 Å². The topological polar surface area (TPSA) is 92.6 Å². The van der Waals surface area contributed by atoms with Crippen LogP contribution in [0.4, 0.5) is 15.8 Å². The van der Waals surface area contributed by atoms with Crippen molar-refractivity contribution < 1.29 is 18.9 Å². The molecule has 7 nitrogen and oxygen atoms in total. The number of anilines is 1. The highest BCUT2D eigenvalue weighted by Gasteiger charge is 2.36. The monoisotopic (exact) mass is 391 g/mol. The van der Waals surface area contributed by atoms with Crippen molar-refractivity contribution in [2.75, 3.05) is 18.0 Å². The summed E-state index contributed by atoms with van der Waals surface area (Å²) in [4.78, 5) is 36.3. The molecular formula is C20H26FN3O4. The fourth-order valence-corrected chi connectivity index (χ4v) is 4.08. The van der Waals surface area contributed by atoms with Gasteiger partial charge in [-0.15, -0.1) is 0 Å². The Hall–Kier alpha value is -2.51. The second kappa shape index (κ2) is 9.12. The minimum atomic E-state index is -0.950. The van der Waals surface area contributed by atoms with Crippen LogP contribution in [-0.2, 0) is 9.59 Å². The van der Waals surface area contributed by atoms with Crippen LogP contribution in [-0.4, -0.2) is 29.8 Å². The zero-order valence-electron chi connectivity index (χ0n) is 15.9. The van der Waals surface area contributed by atoms with Gasteiger partial charge < -0.3 is 10.2 Å². The highest BCUT2D eigenvalue weighted by molar-refractivity contribution is 6.00. The summed E-state index contributed by atoms with van der Waals surface area (Å²) in [5, 5.41) is 13.9. The molecule has 0 bridgehead atoms. The van der Waals surface area contributed by atoms with Crippen molar-refractivity contribution in [2.45, 2.75) is 51.4 Å². The van der Waals surface area contributed by atoms with Gasteiger partial charge >= 0.3 is 5.69 Å². The summed E-state index contributed by atoms with van der Waals surface area (Å²) in [5.41, 5.74) is -0.434. The summed E-state index contributed by atoms with van der Waals surface area (Å²) in [6.45, 7) is 0.781. The molecule has 1 saturated heterocycles. The van der Waals surface area contributed by atoms with Gasteiger partial charge in [-0.25, -0.2) is 0 Å². The predicted octanol–water partition coefficient (Wildman–Crippen LogP) is 3.56. The fraction of sp³-hybridized carbons (Fsp3) is 0.600. The first-order valence-corrected chi connectivity index (χ1v) is 9.97. The standard InChI is InChI=1S/C20H26FN3O4/c21-17-9-8-16(11-18(17)24(27)28)23-13-15(10-19(23)25)20(26)22-12-14-6-4-2-1-3-5-7-14/h8-9,11,14-15H,1-7,10,12-13H2,(H,22,26)/t15-/m0/s1. The molecular weight excluding hydrogens is 365 g/mol. The normalized spacial score (nSPS) is 21.2. The van der Waals surface area contributed by atoms with Crippen LogP contribution in [0.2, 0.25) is 0 Å². The van der Waals surface area contributed by atoms with Crippen LogP contribution in [0.5, 0.6) is 0 Å². The van der Waals surface area contributed by atoms with Gasteiger partial charge in [0, 0.05) is 25.6 Å². The van der Waals surface area contributed by atoms with Gasteiger partial charge in [-0.2, -0.15) is 4.39 Å². The van der Waals surface area contributed by atoms with Crippen molar-refractivity contribution in [3.63, 3.8) is 0 Å². The van der Waals surface area contributed by atoms with Gasteiger partial charge in [-0.3, -0.25) is 19.7 Å². The number of nitrogens with one attached hydrogen (secondary N) is 1. The first-order valence-electron chi connectivity index (χ1n) is 9.97. The van der Waals surface area contributed by atoms with E-state index in [1.54, 1.807) is 0 Å². The zero-order valence-corrected chi connectivity index (χ0v) is 15.9. The first-order chi connectivity index (χ1) is 13.5. The van der Waals surface area contributed by atoms with E-state index < -0.39 is 22.3 Å². The fourth-order valence-electron chi connectivity index (χ4n) is 4.08. The van der Waals surface area contributed by atoms with Crippen LogP contribution in [0.15, 0.2) is 18.2 Å². The van der Waals surface area contributed by atoms with Gasteiger partial charge in [0.05, 0.1) is 16.5 Å². The van der Waals surface area contributed by atoms with Gasteiger partial charge in [0.15, 0.2) is 0 Å². The molecule has 28 heavy (non-hydrogen) atoms. The average Bonchev–Trinajstić information content (AvgIpc) is 3.02. The third-order valence-corrected chi connectivity index (χ3v) is 5.72. The molecule has 2 fully saturated rings. The number of amides is 2. The second-order valence-electron chi connectivity index (χ2n) is 7.75. The Morgan fingerprint density at radius 3 is 2.57 bits per heavy atom. The van der Waals surface area contributed by atoms with Crippen molar-refractivity contribution in [1.82, 2.24) is 5.32 Å². The highest BCUT2D eigenvalue weighted by Crippen LogP contribution is 2.30. The van der Waals surface area contributed by atoms with E-state index in [9.17, 15) is 24.1 Å². The van der Waals surface area contributed by atoms with E-state index in [0.29, 0.717) is 12.5 Å². The summed E-state index contributed by atoms with van der Waals surface area (Å²) >= 11 is 0. The maximum Gasteiger partial charge on any atom is 0.306 e. The van der Waals surface area contributed by atoms with Crippen molar-refractivity contribution in [2.24, 2.45) is 11.8 Å². The molecule has 0 radical (unpaired) electrons. The van der Waals surface area contributed by atoms with E-state index >= 15 is 0 Å². The SMILES string of the molecule is O=C(NCC1CCCCCCC1)[C@H]1CC(=O)N(c2ccc(F)c([N+](=O)[O-])c2)C1. The van der Waals surface area contributed by atoms with Gasteiger partial charge in [0.1, 0.15) is 0 Å². The number of carbonyl (C=O) groups is 2. The van der Waals surface area contributed by atoms with Crippen molar-refractivity contribution >= 4 is 23.2 Å². The molecule has 0 aromatic heterocycles. The molecule has 1 aromatic carbocycles. The minimum absolute atomic E-state index is 0.0572. The molecule has 1 heterocycles. The van der Waals surface area contributed by atoms with E-state index in [4.69, 9.17) is 0 Å². The minimum Gasteiger partial charge on any atom is -0.356 e.